The van der Waals surface area contributed by atoms with Gasteiger partial charge in [0.1, 0.15) is 11.6 Å². The molecule has 0 aliphatic carbocycles. The lowest BCUT2D eigenvalue weighted by molar-refractivity contribution is 0.210. The highest BCUT2D eigenvalue weighted by molar-refractivity contribution is 7.98. The quantitative estimate of drug-likeness (QED) is 0.371. The van der Waals surface area contributed by atoms with Crippen LogP contribution in [0.4, 0.5) is 4.39 Å². The average molecular weight is 466 g/mol. The van der Waals surface area contributed by atoms with Gasteiger partial charge in [-0.3, -0.25) is 9.20 Å². The molecule has 0 N–H and O–H groups in total. The number of benzene rings is 1. The molecular formula is C19H17ClFN5O2S2. The highest BCUT2D eigenvalue weighted by Gasteiger charge is 2.20. The second-order valence-corrected chi connectivity index (χ2v) is 8.57. The fourth-order valence-corrected chi connectivity index (χ4v) is 4.77. The van der Waals surface area contributed by atoms with E-state index in [2.05, 4.69) is 15.2 Å². The number of rotatable bonds is 7. The van der Waals surface area contributed by atoms with Gasteiger partial charge in [-0.05, 0) is 32.0 Å². The molecule has 1 atom stereocenters. The number of halogens is 2. The summed E-state index contributed by atoms with van der Waals surface area (Å²) in [4.78, 5) is 17.3. The number of aromatic nitrogens is 5. The Balaban J connectivity index is 1.51. The van der Waals surface area contributed by atoms with Gasteiger partial charge in [-0.15, -0.1) is 21.5 Å². The van der Waals surface area contributed by atoms with Crippen molar-refractivity contribution >= 4 is 39.7 Å². The van der Waals surface area contributed by atoms with Crippen molar-refractivity contribution in [3.05, 3.63) is 68.6 Å². The van der Waals surface area contributed by atoms with Gasteiger partial charge in [0.2, 0.25) is 0 Å². The fourth-order valence-electron chi connectivity index (χ4n) is 2.92. The zero-order valence-electron chi connectivity index (χ0n) is 16.1. The zero-order valence-corrected chi connectivity index (χ0v) is 18.5. The van der Waals surface area contributed by atoms with E-state index in [1.54, 1.807) is 6.20 Å². The molecule has 1 unspecified atom stereocenters. The molecule has 0 aliphatic heterocycles. The first-order chi connectivity index (χ1) is 14.5. The molecule has 0 bridgehead atoms. The predicted octanol–water partition coefficient (Wildman–Crippen LogP) is 4.59. The summed E-state index contributed by atoms with van der Waals surface area (Å²) >= 11 is 8.92. The summed E-state index contributed by atoms with van der Waals surface area (Å²) in [5.41, 5.74) is 0.578. The molecule has 0 radical (unpaired) electrons. The highest BCUT2D eigenvalue weighted by Crippen LogP contribution is 2.30. The maximum absolute atomic E-state index is 13.3. The van der Waals surface area contributed by atoms with Crippen LogP contribution < -0.4 is 10.3 Å². The summed E-state index contributed by atoms with van der Waals surface area (Å²) in [6.07, 6.45) is 1.26. The smallest absolute Gasteiger partial charge is 0.258 e. The van der Waals surface area contributed by atoms with Gasteiger partial charge in [0.25, 0.3) is 5.56 Å². The molecule has 11 heteroatoms. The molecule has 0 spiro atoms. The van der Waals surface area contributed by atoms with Crippen molar-refractivity contribution < 1.29 is 9.13 Å². The van der Waals surface area contributed by atoms with Gasteiger partial charge in [-0.2, -0.15) is 0 Å². The van der Waals surface area contributed by atoms with Crippen LogP contribution in [0.1, 0.15) is 31.5 Å². The average Bonchev–Trinajstić information content (AvgIpc) is 3.35. The molecule has 3 heterocycles. The molecule has 156 valence electrons. The number of hydrogen-bond donors (Lipinski definition) is 0. The van der Waals surface area contributed by atoms with Crippen LogP contribution in [-0.4, -0.2) is 24.1 Å². The maximum atomic E-state index is 13.3. The largest absolute Gasteiger partial charge is 0.481 e. The fraction of sp³-hybridized carbons (Fsp3) is 0.263. The Hall–Kier alpha value is -2.43. The highest BCUT2D eigenvalue weighted by atomic mass is 35.5. The first kappa shape index (κ1) is 20.8. The van der Waals surface area contributed by atoms with Gasteiger partial charge in [0.15, 0.2) is 22.0 Å². The van der Waals surface area contributed by atoms with Crippen molar-refractivity contribution in [1.29, 1.82) is 0 Å². The lowest BCUT2D eigenvalue weighted by Gasteiger charge is -2.16. The van der Waals surface area contributed by atoms with E-state index in [4.69, 9.17) is 16.3 Å². The Kier molecular flexibility index (Phi) is 6.07. The van der Waals surface area contributed by atoms with Crippen LogP contribution in [0.15, 0.2) is 45.8 Å². The SMILES string of the molecule is CCn1c(SCc2cc(=O)n3ccsc3n2)nnc1C(C)Oc1ccc(F)cc1Cl. The van der Waals surface area contributed by atoms with E-state index in [1.807, 2.05) is 23.8 Å². The molecule has 4 aromatic rings. The summed E-state index contributed by atoms with van der Waals surface area (Å²) in [5.74, 6) is 1.06. The summed E-state index contributed by atoms with van der Waals surface area (Å²) in [7, 11) is 0. The minimum atomic E-state index is -0.444. The lowest BCUT2D eigenvalue weighted by atomic mass is 10.3. The molecule has 30 heavy (non-hydrogen) atoms. The zero-order chi connectivity index (χ0) is 21.3. The Morgan fingerprint density at radius 2 is 2.17 bits per heavy atom. The van der Waals surface area contributed by atoms with Crippen LogP contribution >= 0.6 is 34.7 Å². The van der Waals surface area contributed by atoms with Gasteiger partial charge in [0, 0.05) is 29.9 Å². The molecule has 0 aliphatic rings. The molecule has 3 aromatic heterocycles. The van der Waals surface area contributed by atoms with E-state index in [-0.39, 0.29) is 10.6 Å². The van der Waals surface area contributed by atoms with Crippen molar-refractivity contribution in [1.82, 2.24) is 24.1 Å². The Bertz CT molecular complexity index is 1260. The van der Waals surface area contributed by atoms with E-state index < -0.39 is 11.9 Å². The maximum Gasteiger partial charge on any atom is 0.258 e. The third-order valence-electron chi connectivity index (χ3n) is 4.33. The second-order valence-electron chi connectivity index (χ2n) is 6.35. The van der Waals surface area contributed by atoms with E-state index in [9.17, 15) is 9.18 Å². The third-order valence-corrected chi connectivity index (χ3v) is 6.38. The van der Waals surface area contributed by atoms with Crippen molar-refractivity contribution in [2.45, 2.75) is 37.4 Å². The first-order valence-electron chi connectivity index (χ1n) is 9.09. The van der Waals surface area contributed by atoms with Crippen LogP contribution in [0.3, 0.4) is 0 Å². The minimum absolute atomic E-state index is 0.104. The molecule has 0 saturated carbocycles. The number of nitrogens with zero attached hydrogens (tertiary/aromatic N) is 5. The van der Waals surface area contributed by atoms with Crippen LogP contribution in [0, 0.1) is 5.82 Å². The predicted molar refractivity (Wildman–Crippen MR) is 115 cm³/mol. The van der Waals surface area contributed by atoms with E-state index in [1.165, 1.54) is 51.8 Å². The van der Waals surface area contributed by atoms with Gasteiger partial charge >= 0.3 is 0 Å². The summed E-state index contributed by atoms with van der Waals surface area (Å²) < 4.78 is 22.6. The summed E-state index contributed by atoms with van der Waals surface area (Å²) in [6.45, 7) is 4.45. The van der Waals surface area contributed by atoms with Gasteiger partial charge in [-0.25, -0.2) is 9.37 Å². The van der Waals surface area contributed by atoms with E-state index in [0.29, 0.717) is 39.7 Å². The van der Waals surface area contributed by atoms with Crippen LogP contribution in [0.25, 0.3) is 4.96 Å². The number of thioether (sulfide) groups is 1. The molecule has 0 fully saturated rings. The van der Waals surface area contributed by atoms with Crippen molar-refractivity contribution in [3.8, 4) is 5.75 Å². The normalized spacial score (nSPS) is 12.4. The van der Waals surface area contributed by atoms with Crippen LogP contribution in [-0.2, 0) is 12.3 Å². The van der Waals surface area contributed by atoms with Gasteiger partial charge < -0.3 is 9.30 Å². The van der Waals surface area contributed by atoms with Crippen molar-refractivity contribution in [2.75, 3.05) is 0 Å². The molecule has 0 amide bonds. The summed E-state index contributed by atoms with van der Waals surface area (Å²) in [6, 6.07) is 5.51. The van der Waals surface area contributed by atoms with E-state index >= 15 is 0 Å². The molecule has 7 nitrogen and oxygen atoms in total. The van der Waals surface area contributed by atoms with Crippen LogP contribution in [0.2, 0.25) is 5.02 Å². The van der Waals surface area contributed by atoms with Crippen molar-refractivity contribution in [3.63, 3.8) is 0 Å². The number of ether oxygens (including phenoxy) is 1. The van der Waals surface area contributed by atoms with Gasteiger partial charge in [0.05, 0.1) is 10.7 Å². The van der Waals surface area contributed by atoms with Crippen molar-refractivity contribution in [2.24, 2.45) is 0 Å². The van der Waals surface area contributed by atoms with Gasteiger partial charge in [-0.1, -0.05) is 23.4 Å². The monoisotopic (exact) mass is 465 g/mol. The lowest BCUT2D eigenvalue weighted by Crippen LogP contribution is -2.13. The molecule has 0 saturated heterocycles. The summed E-state index contributed by atoms with van der Waals surface area (Å²) in [5, 5.41) is 11.3. The molecule has 4 rings (SSSR count). The Morgan fingerprint density at radius 3 is 2.93 bits per heavy atom. The molecule has 1 aromatic carbocycles. The Morgan fingerprint density at radius 1 is 1.33 bits per heavy atom. The standard InChI is InChI=1S/C19H17ClFN5O2S2/c1-3-25-17(11(2)28-15-5-4-12(21)8-14(15)20)23-24-19(25)30-10-13-9-16(27)26-6-7-29-18(26)22-13/h4-9,11H,3,10H2,1-2H3. The second kappa shape index (κ2) is 8.75. The number of fused-ring (bicyclic) bond motifs is 1. The first-order valence-corrected chi connectivity index (χ1v) is 11.3. The van der Waals surface area contributed by atoms with E-state index in [0.717, 1.165) is 0 Å². The van der Waals surface area contributed by atoms with Crippen LogP contribution in [0.5, 0.6) is 5.75 Å². The number of thiazole rings is 1. The topological polar surface area (TPSA) is 74.3 Å². The third kappa shape index (κ3) is 4.21. The minimum Gasteiger partial charge on any atom is -0.481 e. The Labute approximate surface area is 184 Å². The number of hydrogen-bond acceptors (Lipinski definition) is 7. The molecular weight excluding hydrogens is 449 g/mol.